The van der Waals surface area contributed by atoms with Crippen molar-refractivity contribution in [1.29, 1.82) is 0 Å². The number of nitro benzene ring substituents is 1. The summed E-state index contributed by atoms with van der Waals surface area (Å²) in [6, 6.07) is 7.85. The number of nitrogens with zero attached hydrogens (tertiary/aromatic N) is 3. The van der Waals surface area contributed by atoms with Gasteiger partial charge in [-0.2, -0.15) is 0 Å². The van der Waals surface area contributed by atoms with Crippen molar-refractivity contribution in [3.63, 3.8) is 0 Å². The number of anilines is 1. The lowest BCUT2D eigenvalue weighted by Crippen LogP contribution is -2.40. The first-order valence-corrected chi connectivity index (χ1v) is 7.64. The number of hydrogen-bond donors (Lipinski definition) is 0. The van der Waals surface area contributed by atoms with Gasteiger partial charge in [0.1, 0.15) is 6.54 Å². The zero-order valence-electron chi connectivity index (χ0n) is 13.4. The first-order chi connectivity index (χ1) is 11.4. The van der Waals surface area contributed by atoms with E-state index in [-0.39, 0.29) is 29.7 Å². The minimum Gasteiger partial charge on any atom is -0.307 e. The van der Waals surface area contributed by atoms with E-state index in [2.05, 4.69) is 0 Å². The van der Waals surface area contributed by atoms with Gasteiger partial charge in [0.2, 0.25) is 5.91 Å². The van der Waals surface area contributed by atoms with E-state index in [4.69, 9.17) is 0 Å². The third-order valence-corrected chi connectivity index (χ3v) is 4.27. The molecule has 0 saturated heterocycles. The molecular weight excluding hydrogens is 310 g/mol. The number of benzene rings is 1. The first-order valence-electron chi connectivity index (χ1n) is 7.64. The van der Waals surface area contributed by atoms with E-state index in [9.17, 15) is 19.7 Å². The lowest BCUT2D eigenvalue weighted by atomic mass is 10.1. The van der Waals surface area contributed by atoms with E-state index in [1.165, 1.54) is 16.7 Å². The highest BCUT2D eigenvalue weighted by atomic mass is 16.6. The molecule has 0 bridgehead atoms. The maximum atomic E-state index is 12.7. The summed E-state index contributed by atoms with van der Waals surface area (Å²) in [5.74, 6) is -0.206. The van der Waals surface area contributed by atoms with Crippen molar-refractivity contribution < 1.29 is 9.72 Å². The zero-order chi connectivity index (χ0) is 17.4. The molecule has 1 aromatic heterocycles. The van der Waals surface area contributed by atoms with Crippen molar-refractivity contribution in [3.8, 4) is 0 Å². The molecule has 0 aliphatic carbocycles. The molecule has 24 heavy (non-hydrogen) atoms. The van der Waals surface area contributed by atoms with Crippen LogP contribution in [0.4, 0.5) is 11.4 Å². The second kappa shape index (κ2) is 5.92. The summed E-state index contributed by atoms with van der Waals surface area (Å²) in [7, 11) is 0. The van der Waals surface area contributed by atoms with E-state index in [0.717, 1.165) is 5.56 Å². The monoisotopic (exact) mass is 327 g/mol. The van der Waals surface area contributed by atoms with E-state index < -0.39 is 4.92 Å². The van der Waals surface area contributed by atoms with Crippen molar-refractivity contribution in [3.05, 3.63) is 68.1 Å². The highest BCUT2D eigenvalue weighted by Crippen LogP contribution is 2.34. The maximum absolute atomic E-state index is 12.7. The zero-order valence-corrected chi connectivity index (χ0v) is 13.4. The molecule has 0 N–H and O–H groups in total. The standard InChI is InChI=1S/C17H17N3O4/c1-11-4-3-7-18(17(11)22)10-16(21)19-12(2)8-13-9-14(20(23)24)5-6-15(13)19/h3-7,9,12H,8,10H2,1-2H3/t12-/m1/s1. The molecule has 7 heteroatoms. The van der Waals surface area contributed by atoms with Crippen molar-refractivity contribution in [2.45, 2.75) is 32.9 Å². The van der Waals surface area contributed by atoms with Crippen LogP contribution in [0.3, 0.4) is 0 Å². The third kappa shape index (κ3) is 2.68. The molecule has 2 aromatic rings. The molecule has 0 spiro atoms. The van der Waals surface area contributed by atoms with Crippen LogP contribution in [0.15, 0.2) is 41.3 Å². The first kappa shape index (κ1) is 15.9. The molecule has 2 heterocycles. The average Bonchev–Trinajstić information content (AvgIpc) is 2.86. The predicted octanol–water partition coefficient (Wildman–Crippen LogP) is 2.04. The second-order valence-corrected chi connectivity index (χ2v) is 6.01. The van der Waals surface area contributed by atoms with Crippen LogP contribution < -0.4 is 10.5 Å². The SMILES string of the molecule is Cc1cccn(CC(=O)N2c3ccc([N+](=O)[O-])cc3C[C@H]2C)c1=O. The molecule has 0 saturated carbocycles. The van der Waals surface area contributed by atoms with Crippen LogP contribution in [0.2, 0.25) is 0 Å². The molecule has 0 radical (unpaired) electrons. The molecule has 124 valence electrons. The fourth-order valence-electron chi connectivity index (χ4n) is 3.11. The van der Waals surface area contributed by atoms with Crippen LogP contribution in [0, 0.1) is 17.0 Å². The number of fused-ring (bicyclic) bond motifs is 1. The molecule has 0 fully saturated rings. The summed E-state index contributed by atoms with van der Waals surface area (Å²) in [5, 5.41) is 10.9. The van der Waals surface area contributed by atoms with Crippen LogP contribution in [0.1, 0.15) is 18.1 Å². The van der Waals surface area contributed by atoms with Crippen molar-refractivity contribution in [2.24, 2.45) is 0 Å². The molecule has 1 aliphatic heterocycles. The lowest BCUT2D eigenvalue weighted by molar-refractivity contribution is -0.384. The van der Waals surface area contributed by atoms with Gasteiger partial charge in [-0.25, -0.2) is 0 Å². The van der Waals surface area contributed by atoms with E-state index in [0.29, 0.717) is 17.7 Å². The Morgan fingerprint density at radius 1 is 1.38 bits per heavy atom. The predicted molar refractivity (Wildman–Crippen MR) is 89.2 cm³/mol. The number of aromatic nitrogens is 1. The third-order valence-electron chi connectivity index (χ3n) is 4.27. The number of pyridine rings is 1. The summed E-state index contributed by atoms with van der Waals surface area (Å²) in [5.41, 5.74) is 1.86. The van der Waals surface area contributed by atoms with E-state index in [1.54, 1.807) is 36.2 Å². The molecule has 7 nitrogen and oxygen atoms in total. The van der Waals surface area contributed by atoms with Gasteiger partial charge >= 0.3 is 0 Å². The lowest BCUT2D eigenvalue weighted by Gasteiger charge is -2.23. The topological polar surface area (TPSA) is 85.4 Å². The van der Waals surface area contributed by atoms with Crippen molar-refractivity contribution >= 4 is 17.3 Å². The summed E-state index contributed by atoms with van der Waals surface area (Å²) in [6.07, 6.45) is 2.15. The van der Waals surface area contributed by atoms with Gasteiger partial charge in [0, 0.05) is 35.6 Å². The highest BCUT2D eigenvalue weighted by Gasteiger charge is 2.32. The molecule has 3 rings (SSSR count). The number of carbonyl (C=O) groups is 1. The van der Waals surface area contributed by atoms with Gasteiger partial charge in [0.05, 0.1) is 4.92 Å². The van der Waals surface area contributed by atoms with Crippen LogP contribution in [0.25, 0.3) is 0 Å². The number of carbonyl (C=O) groups excluding carboxylic acids is 1. The molecule has 0 unspecified atom stereocenters. The number of aryl methyl sites for hydroxylation is 1. The summed E-state index contributed by atoms with van der Waals surface area (Å²) < 4.78 is 1.38. The molecule has 1 atom stereocenters. The van der Waals surface area contributed by atoms with Gasteiger partial charge in [0.15, 0.2) is 0 Å². The Balaban J connectivity index is 1.90. The van der Waals surface area contributed by atoms with Gasteiger partial charge in [-0.15, -0.1) is 0 Å². The van der Waals surface area contributed by atoms with Gasteiger partial charge in [-0.1, -0.05) is 6.07 Å². The summed E-state index contributed by atoms with van der Waals surface area (Å²) in [4.78, 5) is 36.9. The maximum Gasteiger partial charge on any atom is 0.269 e. The number of non-ortho nitro benzene ring substituents is 1. The van der Waals surface area contributed by atoms with Crippen molar-refractivity contribution in [1.82, 2.24) is 4.57 Å². The van der Waals surface area contributed by atoms with Crippen LogP contribution in [-0.4, -0.2) is 21.4 Å². The summed E-state index contributed by atoms with van der Waals surface area (Å²) >= 11 is 0. The Labute approximate surface area is 138 Å². The molecule has 1 aliphatic rings. The van der Waals surface area contributed by atoms with Gasteiger partial charge in [-0.3, -0.25) is 19.7 Å². The minimum atomic E-state index is -0.443. The van der Waals surface area contributed by atoms with Gasteiger partial charge in [-0.05, 0) is 38.0 Å². The van der Waals surface area contributed by atoms with Gasteiger partial charge < -0.3 is 9.47 Å². The average molecular weight is 327 g/mol. The Kier molecular flexibility index (Phi) is 3.92. The second-order valence-electron chi connectivity index (χ2n) is 6.01. The summed E-state index contributed by atoms with van der Waals surface area (Å²) in [6.45, 7) is 3.54. The number of nitro groups is 1. The molecular formula is C17H17N3O4. The Morgan fingerprint density at radius 3 is 2.83 bits per heavy atom. The molecule has 1 aromatic carbocycles. The Bertz CT molecular complexity index is 888. The van der Waals surface area contributed by atoms with E-state index in [1.807, 2.05) is 6.92 Å². The van der Waals surface area contributed by atoms with Crippen LogP contribution >= 0.6 is 0 Å². The largest absolute Gasteiger partial charge is 0.307 e. The molecule has 1 amide bonds. The normalized spacial score (nSPS) is 16.1. The van der Waals surface area contributed by atoms with E-state index >= 15 is 0 Å². The number of amides is 1. The Hall–Kier alpha value is -2.96. The number of hydrogen-bond acceptors (Lipinski definition) is 4. The Morgan fingerprint density at radius 2 is 2.12 bits per heavy atom. The number of rotatable bonds is 3. The smallest absolute Gasteiger partial charge is 0.269 e. The fourth-order valence-corrected chi connectivity index (χ4v) is 3.11. The van der Waals surface area contributed by atoms with Crippen LogP contribution in [0.5, 0.6) is 0 Å². The fraction of sp³-hybridized carbons (Fsp3) is 0.294. The highest BCUT2D eigenvalue weighted by molar-refractivity contribution is 5.96. The minimum absolute atomic E-state index is 0.0187. The quantitative estimate of drug-likeness (QED) is 0.638. The van der Waals surface area contributed by atoms with Crippen molar-refractivity contribution in [2.75, 3.05) is 4.90 Å². The van der Waals surface area contributed by atoms with Crippen LogP contribution in [-0.2, 0) is 17.8 Å². The van der Waals surface area contributed by atoms with Gasteiger partial charge in [0.25, 0.3) is 11.2 Å².